The number of nitrogens with zero attached hydrogens (tertiary/aromatic N) is 1. The smallest absolute Gasteiger partial charge is 0.0742 e. The molecule has 0 saturated carbocycles. The van der Waals surface area contributed by atoms with E-state index in [0.717, 1.165) is 13.2 Å². The van der Waals surface area contributed by atoms with Crippen LogP contribution in [0.25, 0.3) is 0 Å². The van der Waals surface area contributed by atoms with Crippen molar-refractivity contribution in [2.45, 2.75) is 39.8 Å². The maximum absolute atomic E-state index is 5.68. The highest BCUT2D eigenvalue weighted by atomic mass is 16.5. The predicted octanol–water partition coefficient (Wildman–Crippen LogP) is 2.47. The van der Waals surface area contributed by atoms with Crippen molar-refractivity contribution < 1.29 is 4.74 Å². The summed E-state index contributed by atoms with van der Waals surface area (Å²) >= 11 is 0. The van der Waals surface area contributed by atoms with E-state index in [1.807, 2.05) is 25.4 Å². The van der Waals surface area contributed by atoms with Crippen LogP contribution in [-0.4, -0.2) is 24.2 Å². The SMILES string of the molecule is CCNC(c1cnccc1C)C(C)OCC. The number of aromatic nitrogens is 1. The Morgan fingerprint density at radius 1 is 1.44 bits per heavy atom. The van der Waals surface area contributed by atoms with Crippen molar-refractivity contribution in [1.29, 1.82) is 0 Å². The first-order valence-corrected chi connectivity index (χ1v) is 5.96. The van der Waals surface area contributed by atoms with Gasteiger partial charge in [-0.25, -0.2) is 0 Å². The van der Waals surface area contributed by atoms with Crippen LogP contribution in [0.4, 0.5) is 0 Å². The molecule has 2 unspecified atom stereocenters. The van der Waals surface area contributed by atoms with Gasteiger partial charge in [-0.2, -0.15) is 0 Å². The molecule has 0 aliphatic heterocycles. The molecule has 0 aliphatic rings. The third kappa shape index (κ3) is 3.29. The fourth-order valence-electron chi connectivity index (χ4n) is 1.91. The van der Waals surface area contributed by atoms with Gasteiger partial charge in [0.1, 0.15) is 0 Å². The zero-order valence-corrected chi connectivity index (χ0v) is 10.7. The van der Waals surface area contributed by atoms with Gasteiger partial charge >= 0.3 is 0 Å². The Bertz CT molecular complexity index is 315. The lowest BCUT2D eigenvalue weighted by atomic mass is 10.00. The normalized spacial score (nSPS) is 14.8. The molecule has 0 amide bonds. The van der Waals surface area contributed by atoms with Crippen LogP contribution in [-0.2, 0) is 4.74 Å². The Morgan fingerprint density at radius 2 is 2.19 bits per heavy atom. The summed E-state index contributed by atoms with van der Waals surface area (Å²) in [4.78, 5) is 4.20. The number of hydrogen-bond donors (Lipinski definition) is 1. The van der Waals surface area contributed by atoms with Crippen molar-refractivity contribution in [2.75, 3.05) is 13.2 Å². The monoisotopic (exact) mass is 222 g/mol. The minimum atomic E-state index is 0.160. The maximum Gasteiger partial charge on any atom is 0.0742 e. The lowest BCUT2D eigenvalue weighted by molar-refractivity contribution is 0.0474. The van der Waals surface area contributed by atoms with Gasteiger partial charge in [0.15, 0.2) is 0 Å². The molecular formula is C13H22N2O. The van der Waals surface area contributed by atoms with Crippen molar-refractivity contribution >= 4 is 0 Å². The Labute approximate surface area is 98.2 Å². The van der Waals surface area contributed by atoms with Crippen molar-refractivity contribution in [1.82, 2.24) is 10.3 Å². The van der Waals surface area contributed by atoms with E-state index in [1.165, 1.54) is 11.1 Å². The molecule has 1 aromatic heterocycles. The fourth-order valence-corrected chi connectivity index (χ4v) is 1.91. The second-order valence-electron chi connectivity index (χ2n) is 3.93. The molecule has 1 heterocycles. The molecule has 0 bridgehead atoms. The molecule has 3 heteroatoms. The number of ether oxygens (including phenoxy) is 1. The van der Waals surface area contributed by atoms with Gasteiger partial charge in [0.05, 0.1) is 12.1 Å². The average Bonchev–Trinajstić information content (AvgIpc) is 2.27. The topological polar surface area (TPSA) is 34.2 Å². The molecule has 0 saturated heterocycles. The molecule has 1 rings (SSSR count). The first kappa shape index (κ1) is 13.1. The molecular weight excluding hydrogens is 200 g/mol. The molecule has 1 aromatic rings. The minimum Gasteiger partial charge on any atom is -0.377 e. The second-order valence-corrected chi connectivity index (χ2v) is 3.93. The molecule has 16 heavy (non-hydrogen) atoms. The van der Waals surface area contributed by atoms with Crippen LogP contribution in [0.5, 0.6) is 0 Å². The van der Waals surface area contributed by atoms with Gasteiger partial charge in [0.25, 0.3) is 0 Å². The molecule has 0 aliphatic carbocycles. The third-order valence-corrected chi connectivity index (χ3v) is 2.74. The van der Waals surface area contributed by atoms with E-state index in [4.69, 9.17) is 4.74 Å². The van der Waals surface area contributed by atoms with Crippen LogP contribution in [0, 0.1) is 6.92 Å². The highest BCUT2D eigenvalue weighted by Gasteiger charge is 2.20. The Morgan fingerprint density at radius 3 is 2.75 bits per heavy atom. The van der Waals surface area contributed by atoms with E-state index in [0.29, 0.717) is 0 Å². The van der Waals surface area contributed by atoms with Gasteiger partial charge in [-0.3, -0.25) is 4.98 Å². The molecule has 1 N–H and O–H groups in total. The summed E-state index contributed by atoms with van der Waals surface area (Å²) in [6.07, 6.45) is 3.92. The Balaban J connectivity index is 2.88. The largest absolute Gasteiger partial charge is 0.377 e. The summed E-state index contributed by atoms with van der Waals surface area (Å²) in [5.74, 6) is 0. The first-order valence-electron chi connectivity index (χ1n) is 5.96. The van der Waals surface area contributed by atoms with Gasteiger partial charge in [0.2, 0.25) is 0 Å². The van der Waals surface area contributed by atoms with E-state index >= 15 is 0 Å². The van der Waals surface area contributed by atoms with Gasteiger partial charge < -0.3 is 10.1 Å². The fraction of sp³-hybridized carbons (Fsp3) is 0.615. The number of nitrogens with one attached hydrogen (secondary N) is 1. The van der Waals surface area contributed by atoms with Crippen molar-refractivity contribution in [2.24, 2.45) is 0 Å². The molecule has 0 aromatic carbocycles. The highest BCUT2D eigenvalue weighted by molar-refractivity contribution is 5.25. The third-order valence-electron chi connectivity index (χ3n) is 2.74. The quantitative estimate of drug-likeness (QED) is 0.803. The van der Waals surface area contributed by atoms with Crippen LogP contribution < -0.4 is 5.32 Å². The molecule has 0 fully saturated rings. The van der Waals surface area contributed by atoms with E-state index < -0.39 is 0 Å². The van der Waals surface area contributed by atoms with Crippen molar-refractivity contribution in [3.05, 3.63) is 29.6 Å². The summed E-state index contributed by atoms with van der Waals surface area (Å²) in [7, 11) is 0. The second kappa shape index (κ2) is 6.61. The summed E-state index contributed by atoms with van der Waals surface area (Å²) in [6.45, 7) is 10.0. The number of pyridine rings is 1. The van der Waals surface area contributed by atoms with Crippen LogP contribution in [0.2, 0.25) is 0 Å². The number of hydrogen-bond acceptors (Lipinski definition) is 3. The lowest BCUT2D eigenvalue weighted by Crippen LogP contribution is -2.32. The van der Waals surface area contributed by atoms with Gasteiger partial charge in [-0.15, -0.1) is 0 Å². The highest BCUT2D eigenvalue weighted by Crippen LogP contribution is 2.21. The van der Waals surface area contributed by atoms with Crippen LogP contribution >= 0.6 is 0 Å². The average molecular weight is 222 g/mol. The zero-order chi connectivity index (χ0) is 12.0. The summed E-state index contributed by atoms with van der Waals surface area (Å²) in [6, 6.07) is 2.26. The van der Waals surface area contributed by atoms with Crippen LogP contribution in [0.15, 0.2) is 18.5 Å². The van der Waals surface area contributed by atoms with Gasteiger partial charge in [-0.1, -0.05) is 6.92 Å². The predicted molar refractivity (Wildman–Crippen MR) is 66.5 cm³/mol. The minimum absolute atomic E-state index is 0.160. The standard InChI is InChI=1S/C13H22N2O/c1-5-15-13(11(4)16-6-2)12-9-14-8-7-10(12)3/h7-9,11,13,15H,5-6H2,1-4H3. The van der Waals surface area contributed by atoms with Crippen LogP contribution in [0.1, 0.15) is 37.9 Å². The van der Waals surface area contributed by atoms with Crippen molar-refractivity contribution in [3.8, 4) is 0 Å². The lowest BCUT2D eigenvalue weighted by Gasteiger charge is -2.26. The Kier molecular flexibility index (Phi) is 5.43. The van der Waals surface area contributed by atoms with E-state index in [-0.39, 0.29) is 12.1 Å². The first-order chi connectivity index (χ1) is 7.70. The zero-order valence-electron chi connectivity index (χ0n) is 10.7. The van der Waals surface area contributed by atoms with Gasteiger partial charge in [0, 0.05) is 19.0 Å². The summed E-state index contributed by atoms with van der Waals surface area (Å²) in [5.41, 5.74) is 2.48. The molecule has 0 radical (unpaired) electrons. The van der Waals surface area contributed by atoms with Gasteiger partial charge in [-0.05, 0) is 44.5 Å². The van der Waals surface area contributed by atoms with E-state index in [1.54, 1.807) is 0 Å². The van der Waals surface area contributed by atoms with E-state index in [9.17, 15) is 0 Å². The molecule has 3 nitrogen and oxygen atoms in total. The number of aryl methyl sites for hydroxylation is 1. The molecule has 90 valence electrons. The Hall–Kier alpha value is -0.930. The molecule has 2 atom stereocenters. The van der Waals surface area contributed by atoms with Crippen LogP contribution in [0.3, 0.4) is 0 Å². The maximum atomic E-state index is 5.68. The summed E-state index contributed by atoms with van der Waals surface area (Å²) in [5, 5.41) is 3.46. The number of rotatable bonds is 6. The summed E-state index contributed by atoms with van der Waals surface area (Å²) < 4.78 is 5.68. The number of likely N-dealkylation sites (N-methyl/N-ethyl adjacent to an activating group) is 1. The van der Waals surface area contributed by atoms with E-state index in [2.05, 4.69) is 31.1 Å². The van der Waals surface area contributed by atoms with Crippen molar-refractivity contribution in [3.63, 3.8) is 0 Å². The molecule has 0 spiro atoms.